The number of hydrogen-bond acceptors (Lipinski definition) is 3. The summed E-state index contributed by atoms with van der Waals surface area (Å²) in [5, 5.41) is 7.33. The first-order valence-electron chi connectivity index (χ1n) is 9.74. The molecule has 5 nitrogen and oxygen atoms in total. The second-order valence-corrected chi connectivity index (χ2v) is 8.31. The normalized spacial score (nSPS) is 19.5. The minimum Gasteiger partial charge on any atom is -0.357 e. The molecule has 0 bridgehead atoms. The maximum absolute atomic E-state index is 12.4. The van der Waals surface area contributed by atoms with E-state index in [-0.39, 0.29) is 5.91 Å². The summed E-state index contributed by atoms with van der Waals surface area (Å²) < 4.78 is 0. The lowest BCUT2D eigenvalue weighted by atomic mass is 10.1. The van der Waals surface area contributed by atoms with Crippen molar-refractivity contribution in [3.8, 4) is 0 Å². The number of nitrogens with one attached hydrogen (secondary N) is 2. The quantitative estimate of drug-likeness (QED) is 0.438. The lowest BCUT2D eigenvalue weighted by Gasteiger charge is -2.16. The van der Waals surface area contributed by atoms with Crippen LogP contribution in [0, 0.1) is 0 Å². The van der Waals surface area contributed by atoms with Crippen LogP contribution in [0.1, 0.15) is 43.7 Å². The zero-order valence-electron chi connectivity index (χ0n) is 15.7. The number of carbonyl (C=O) groups excluding carboxylic acids is 1. The monoisotopic (exact) mass is 374 g/mol. The summed E-state index contributed by atoms with van der Waals surface area (Å²) in [4.78, 5) is 19.1. The van der Waals surface area contributed by atoms with Crippen LogP contribution in [0.2, 0.25) is 0 Å². The summed E-state index contributed by atoms with van der Waals surface area (Å²) in [6, 6.07) is 8.32. The van der Waals surface area contributed by atoms with E-state index in [9.17, 15) is 4.79 Å². The van der Waals surface area contributed by atoms with Gasteiger partial charge in [0.25, 0.3) is 0 Å². The number of amides is 1. The van der Waals surface area contributed by atoms with Gasteiger partial charge in [-0.2, -0.15) is 11.8 Å². The maximum Gasteiger partial charge on any atom is 0.223 e. The standard InChI is InChI=1S/C20H30N4OS/c1-2-21-20(23-13-18-9-6-12-26-18)22-11-5-10-19(25)24-14-16-7-3-4-8-17(16)15-24/h3-4,7-8,18H,2,5-6,9-15H2,1H3,(H2,21,22,23). The van der Waals surface area contributed by atoms with Crippen LogP contribution in [0.4, 0.5) is 0 Å². The van der Waals surface area contributed by atoms with Gasteiger partial charge in [0.1, 0.15) is 0 Å². The van der Waals surface area contributed by atoms with Gasteiger partial charge in [-0.3, -0.25) is 9.79 Å². The average Bonchev–Trinajstić information content (AvgIpc) is 3.32. The van der Waals surface area contributed by atoms with Gasteiger partial charge in [-0.25, -0.2) is 0 Å². The Balaban J connectivity index is 1.37. The van der Waals surface area contributed by atoms with Gasteiger partial charge >= 0.3 is 0 Å². The van der Waals surface area contributed by atoms with E-state index >= 15 is 0 Å². The van der Waals surface area contributed by atoms with Crippen molar-refractivity contribution in [2.75, 3.05) is 25.4 Å². The third kappa shape index (κ3) is 5.40. The number of nitrogens with zero attached hydrogens (tertiary/aromatic N) is 2. The van der Waals surface area contributed by atoms with Crippen LogP contribution in [0.3, 0.4) is 0 Å². The predicted octanol–water partition coefficient (Wildman–Crippen LogP) is 2.76. The van der Waals surface area contributed by atoms with E-state index in [2.05, 4.69) is 29.7 Å². The van der Waals surface area contributed by atoms with Crippen molar-refractivity contribution in [2.45, 2.75) is 50.9 Å². The van der Waals surface area contributed by atoms with E-state index in [4.69, 9.17) is 4.99 Å². The molecule has 2 heterocycles. The topological polar surface area (TPSA) is 56.7 Å². The first-order valence-corrected chi connectivity index (χ1v) is 10.8. The number of carbonyl (C=O) groups is 1. The summed E-state index contributed by atoms with van der Waals surface area (Å²) >= 11 is 2.03. The third-order valence-corrected chi connectivity index (χ3v) is 6.26. The molecular weight excluding hydrogens is 344 g/mol. The van der Waals surface area contributed by atoms with Crippen molar-refractivity contribution in [3.63, 3.8) is 0 Å². The van der Waals surface area contributed by atoms with Gasteiger partial charge in [0.2, 0.25) is 5.91 Å². The lowest BCUT2D eigenvalue weighted by molar-refractivity contribution is -0.131. The molecule has 1 aromatic rings. The third-order valence-electron chi connectivity index (χ3n) is 4.87. The van der Waals surface area contributed by atoms with Gasteiger partial charge in [0, 0.05) is 37.8 Å². The summed E-state index contributed by atoms with van der Waals surface area (Å²) in [7, 11) is 0. The van der Waals surface area contributed by atoms with Crippen LogP contribution < -0.4 is 10.6 Å². The van der Waals surface area contributed by atoms with Crippen molar-refractivity contribution in [1.29, 1.82) is 0 Å². The van der Waals surface area contributed by atoms with Crippen molar-refractivity contribution >= 4 is 23.6 Å². The van der Waals surface area contributed by atoms with Gasteiger partial charge in [-0.15, -0.1) is 0 Å². The lowest BCUT2D eigenvalue weighted by Crippen LogP contribution is -2.38. The van der Waals surface area contributed by atoms with Crippen molar-refractivity contribution in [1.82, 2.24) is 15.5 Å². The molecule has 1 fully saturated rings. The highest BCUT2D eigenvalue weighted by molar-refractivity contribution is 8.00. The number of rotatable bonds is 7. The minimum absolute atomic E-state index is 0.243. The number of benzene rings is 1. The molecule has 0 radical (unpaired) electrons. The number of aliphatic imine (C=N–C) groups is 1. The number of guanidine groups is 1. The van der Waals surface area contributed by atoms with Crippen LogP contribution >= 0.6 is 11.8 Å². The zero-order chi connectivity index (χ0) is 18.2. The molecule has 1 aromatic carbocycles. The van der Waals surface area contributed by atoms with Crippen LogP contribution in [0.15, 0.2) is 29.3 Å². The highest BCUT2D eigenvalue weighted by Gasteiger charge is 2.22. The van der Waals surface area contributed by atoms with E-state index in [1.54, 1.807) is 0 Å². The Morgan fingerprint density at radius 3 is 2.69 bits per heavy atom. The summed E-state index contributed by atoms with van der Waals surface area (Å²) in [6.07, 6.45) is 4.00. The van der Waals surface area contributed by atoms with Gasteiger partial charge in [-0.05, 0) is 43.1 Å². The van der Waals surface area contributed by atoms with E-state index in [0.717, 1.165) is 45.1 Å². The fraction of sp³-hybridized carbons (Fsp3) is 0.600. The van der Waals surface area contributed by atoms with Crippen LogP contribution in [-0.4, -0.2) is 47.4 Å². The van der Waals surface area contributed by atoms with Crippen molar-refractivity contribution < 1.29 is 4.79 Å². The molecule has 0 saturated carbocycles. The molecule has 2 aliphatic heterocycles. The second kappa shape index (κ2) is 9.86. The molecule has 1 saturated heterocycles. The Kier molecular flexibility index (Phi) is 7.23. The largest absolute Gasteiger partial charge is 0.357 e. The van der Waals surface area contributed by atoms with Crippen LogP contribution in [-0.2, 0) is 17.9 Å². The molecule has 1 atom stereocenters. The summed E-state index contributed by atoms with van der Waals surface area (Å²) in [5.74, 6) is 2.39. The predicted molar refractivity (Wildman–Crippen MR) is 109 cm³/mol. The number of thioether (sulfide) groups is 1. The first-order chi connectivity index (χ1) is 12.8. The molecule has 0 aromatic heterocycles. The Morgan fingerprint density at radius 1 is 1.27 bits per heavy atom. The van der Waals surface area contributed by atoms with Gasteiger partial charge in [-0.1, -0.05) is 24.3 Å². The van der Waals surface area contributed by atoms with E-state index in [1.807, 2.05) is 28.8 Å². The van der Waals surface area contributed by atoms with Gasteiger partial charge in [0.05, 0.1) is 6.54 Å². The van der Waals surface area contributed by atoms with Crippen LogP contribution in [0.25, 0.3) is 0 Å². The molecule has 2 aliphatic rings. The Bertz CT molecular complexity index is 603. The molecule has 1 amide bonds. The maximum atomic E-state index is 12.4. The minimum atomic E-state index is 0.243. The van der Waals surface area contributed by atoms with E-state index in [0.29, 0.717) is 11.7 Å². The molecule has 0 aliphatic carbocycles. The Hall–Kier alpha value is -1.69. The molecule has 6 heteroatoms. The van der Waals surface area contributed by atoms with Gasteiger partial charge < -0.3 is 15.5 Å². The number of hydrogen-bond donors (Lipinski definition) is 2. The summed E-state index contributed by atoms with van der Waals surface area (Å²) in [5.41, 5.74) is 2.57. The highest BCUT2D eigenvalue weighted by atomic mass is 32.2. The van der Waals surface area contributed by atoms with Crippen LogP contribution in [0.5, 0.6) is 0 Å². The van der Waals surface area contributed by atoms with E-state index in [1.165, 1.54) is 29.7 Å². The van der Waals surface area contributed by atoms with Crippen molar-refractivity contribution in [2.24, 2.45) is 4.99 Å². The second-order valence-electron chi connectivity index (χ2n) is 6.90. The fourth-order valence-electron chi connectivity index (χ4n) is 3.44. The summed E-state index contributed by atoms with van der Waals surface area (Å²) in [6.45, 7) is 6.10. The SMILES string of the molecule is CCNC(=NCC1CCCS1)NCCCC(=O)N1Cc2ccccc2C1. The number of fused-ring (bicyclic) bond motifs is 1. The molecule has 2 N–H and O–H groups in total. The molecular formula is C20H30N4OS. The van der Waals surface area contributed by atoms with Gasteiger partial charge in [0.15, 0.2) is 5.96 Å². The van der Waals surface area contributed by atoms with Crippen molar-refractivity contribution in [3.05, 3.63) is 35.4 Å². The smallest absolute Gasteiger partial charge is 0.223 e. The molecule has 26 heavy (non-hydrogen) atoms. The zero-order valence-corrected chi connectivity index (χ0v) is 16.5. The molecule has 142 valence electrons. The first kappa shape index (κ1) is 19.1. The average molecular weight is 375 g/mol. The molecule has 1 unspecified atom stereocenters. The fourth-order valence-corrected chi connectivity index (χ4v) is 4.62. The molecule has 3 rings (SSSR count). The Labute approximate surface area is 161 Å². The Morgan fingerprint density at radius 2 is 2.04 bits per heavy atom. The molecule has 0 spiro atoms. The van der Waals surface area contributed by atoms with E-state index < -0.39 is 0 Å². The highest BCUT2D eigenvalue weighted by Crippen LogP contribution is 2.26.